The molecule has 0 saturated carbocycles. The molecule has 0 radical (unpaired) electrons. The molecule has 0 saturated heterocycles. The second kappa shape index (κ2) is 4.01. The number of nitrogens with zero attached hydrogens (tertiary/aromatic N) is 1. The summed E-state index contributed by atoms with van der Waals surface area (Å²) < 4.78 is 18.4. The Labute approximate surface area is 96.7 Å². The van der Waals surface area contributed by atoms with E-state index < -0.39 is 11.8 Å². The highest BCUT2D eigenvalue weighted by atomic mass is 19.1. The molecule has 1 aromatic carbocycles. The number of hydrogen-bond acceptors (Lipinski definition) is 3. The second-order valence-electron chi connectivity index (χ2n) is 3.61. The Hall–Kier alpha value is -2.17. The zero-order chi connectivity index (χ0) is 12.6. The van der Waals surface area contributed by atoms with Crippen molar-refractivity contribution in [3.8, 4) is 5.75 Å². The molecule has 0 aliphatic carbocycles. The maximum Gasteiger partial charge on any atom is 0.335 e. The number of aromatic carboxylic acids is 1. The van der Waals surface area contributed by atoms with Gasteiger partial charge in [-0.05, 0) is 25.1 Å². The van der Waals surface area contributed by atoms with Gasteiger partial charge in [-0.25, -0.2) is 14.2 Å². The quantitative estimate of drug-likeness (QED) is 0.868. The van der Waals surface area contributed by atoms with Crippen LogP contribution in [0, 0.1) is 12.7 Å². The summed E-state index contributed by atoms with van der Waals surface area (Å²) in [6.07, 6.45) is 0. The van der Waals surface area contributed by atoms with Crippen LogP contribution < -0.4 is 4.74 Å². The monoisotopic (exact) mass is 235 g/mol. The van der Waals surface area contributed by atoms with E-state index in [1.54, 1.807) is 6.92 Å². The number of hydrogen-bond donors (Lipinski definition) is 1. The lowest BCUT2D eigenvalue weighted by Gasteiger charge is -2.07. The molecule has 0 fully saturated rings. The Morgan fingerprint density at radius 2 is 2.12 bits per heavy atom. The van der Waals surface area contributed by atoms with Crippen LogP contribution >= 0.6 is 0 Å². The number of methoxy groups -OCH3 is 1. The Kier molecular flexibility index (Phi) is 2.67. The van der Waals surface area contributed by atoms with Gasteiger partial charge in [-0.3, -0.25) is 0 Å². The molecule has 1 heterocycles. The first-order valence-corrected chi connectivity index (χ1v) is 4.91. The third-order valence-corrected chi connectivity index (χ3v) is 2.48. The van der Waals surface area contributed by atoms with Crippen LogP contribution in [0.25, 0.3) is 10.9 Å². The topological polar surface area (TPSA) is 59.4 Å². The van der Waals surface area contributed by atoms with Crippen LogP contribution in [0.1, 0.15) is 16.1 Å². The molecule has 17 heavy (non-hydrogen) atoms. The van der Waals surface area contributed by atoms with Crippen LogP contribution in [0.15, 0.2) is 18.2 Å². The second-order valence-corrected chi connectivity index (χ2v) is 3.61. The molecule has 0 atom stereocenters. The standard InChI is InChI=1S/C12H10FNO3/c1-6-9(13)4-7-3-8(12(15)16)5-10(17-2)11(7)14-6/h3-5H,1-2H3,(H,15,16). The van der Waals surface area contributed by atoms with Gasteiger partial charge >= 0.3 is 5.97 Å². The van der Waals surface area contributed by atoms with Crippen molar-refractivity contribution in [1.29, 1.82) is 0 Å². The number of fused-ring (bicyclic) bond motifs is 1. The number of aromatic nitrogens is 1. The molecule has 1 N–H and O–H groups in total. The van der Waals surface area contributed by atoms with Gasteiger partial charge < -0.3 is 9.84 Å². The Morgan fingerprint density at radius 3 is 2.71 bits per heavy atom. The van der Waals surface area contributed by atoms with E-state index in [4.69, 9.17) is 9.84 Å². The lowest BCUT2D eigenvalue weighted by Crippen LogP contribution is -1.99. The number of carboxylic acids is 1. The normalized spacial score (nSPS) is 10.5. The van der Waals surface area contributed by atoms with Crippen molar-refractivity contribution < 1.29 is 19.0 Å². The average molecular weight is 235 g/mol. The van der Waals surface area contributed by atoms with E-state index in [1.807, 2.05) is 0 Å². The fraction of sp³-hybridized carbons (Fsp3) is 0.167. The van der Waals surface area contributed by atoms with Crippen molar-refractivity contribution in [3.05, 3.63) is 35.3 Å². The zero-order valence-electron chi connectivity index (χ0n) is 9.32. The van der Waals surface area contributed by atoms with Crippen molar-refractivity contribution in [1.82, 2.24) is 4.98 Å². The van der Waals surface area contributed by atoms with E-state index in [2.05, 4.69) is 4.98 Å². The van der Waals surface area contributed by atoms with Gasteiger partial charge in [-0.15, -0.1) is 0 Å². The SMILES string of the molecule is COc1cc(C(=O)O)cc2cc(F)c(C)nc12. The van der Waals surface area contributed by atoms with Crippen LogP contribution in [0.4, 0.5) is 4.39 Å². The maximum absolute atomic E-state index is 13.4. The van der Waals surface area contributed by atoms with Crippen LogP contribution in [0.5, 0.6) is 5.75 Å². The molecule has 0 aliphatic heterocycles. The average Bonchev–Trinajstić information content (AvgIpc) is 2.29. The van der Waals surface area contributed by atoms with Crippen molar-refractivity contribution in [2.45, 2.75) is 6.92 Å². The summed E-state index contributed by atoms with van der Waals surface area (Å²) in [6, 6.07) is 4.00. The fourth-order valence-corrected chi connectivity index (χ4v) is 1.60. The highest BCUT2D eigenvalue weighted by Crippen LogP contribution is 2.27. The Balaban J connectivity index is 2.82. The van der Waals surface area contributed by atoms with Gasteiger partial charge in [0.1, 0.15) is 17.1 Å². The lowest BCUT2D eigenvalue weighted by atomic mass is 10.1. The molecule has 4 nitrogen and oxygen atoms in total. The summed E-state index contributed by atoms with van der Waals surface area (Å²) in [6.45, 7) is 1.54. The first-order chi connectivity index (χ1) is 8.02. The van der Waals surface area contributed by atoms with Crippen LogP contribution in [-0.2, 0) is 0 Å². The summed E-state index contributed by atoms with van der Waals surface area (Å²) >= 11 is 0. The molecular weight excluding hydrogens is 225 g/mol. The molecule has 0 amide bonds. The smallest absolute Gasteiger partial charge is 0.335 e. The molecule has 2 rings (SSSR count). The zero-order valence-corrected chi connectivity index (χ0v) is 9.32. The number of pyridine rings is 1. The van der Waals surface area contributed by atoms with E-state index >= 15 is 0 Å². The number of benzene rings is 1. The first kappa shape index (κ1) is 11.3. The van der Waals surface area contributed by atoms with E-state index in [9.17, 15) is 9.18 Å². The minimum absolute atomic E-state index is 0.0411. The van der Waals surface area contributed by atoms with Gasteiger partial charge in [-0.1, -0.05) is 0 Å². The summed E-state index contributed by atoms with van der Waals surface area (Å²) in [5.41, 5.74) is 0.745. The van der Waals surface area contributed by atoms with Crippen LogP contribution in [0.2, 0.25) is 0 Å². The molecule has 2 aromatic rings. The van der Waals surface area contributed by atoms with Crippen molar-refractivity contribution in [3.63, 3.8) is 0 Å². The number of ether oxygens (including phenoxy) is 1. The summed E-state index contributed by atoms with van der Waals surface area (Å²) in [5, 5.41) is 9.33. The third kappa shape index (κ3) is 1.91. The minimum Gasteiger partial charge on any atom is -0.494 e. The number of rotatable bonds is 2. The van der Waals surface area contributed by atoms with Crippen LogP contribution in [0.3, 0.4) is 0 Å². The fourth-order valence-electron chi connectivity index (χ4n) is 1.60. The van der Waals surface area contributed by atoms with Crippen molar-refractivity contribution in [2.75, 3.05) is 7.11 Å². The van der Waals surface area contributed by atoms with E-state index in [0.29, 0.717) is 16.7 Å². The minimum atomic E-state index is -1.09. The highest BCUT2D eigenvalue weighted by molar-refractivity contribution is 5.96. The predicted octanol–water partition coefficient (Wildman–Crippen LogP) is 2.39. The molecule has 1 aromatic heterocycles. The first-order valence-electron chi connectivity index (χ1n) is 4.91. The largest absolute Gasteiger partial charge is 0.494 e. The highest BCUT2D eigenvalue weighted by Gasteiger charge is 2.12. The van der Waals surface area contributed by atoms with Gasteiger partial charge in [0.25, 0.3) is 0 Å². The van der Waals surface area contributed by atoms with E-state index in [1.165, 1.54) is 25.3 Å². The summed E-state index contributed by atoms with van der Waals surface area (Å²) in [5.74, 6) is -1.24. The van der Waals surface area contributed by atoms with Gasteiger partial charge in [0.05, 0.1) is 18.4 Å². The predicted molar refractivity (Wildman–Crippen MR) is 59.9 cm³/mol. The Morgan fingerprint density at radius 1 is 1.41 bits per heavy atom. The van der Waals surface area contributed by atoms with Gasteiger partial charge in [0.2, 0.25) is 0 Å². The molecular formula is C12H10FNO3. The number of carboxylic acid groups (broad SMARTS) is 1. The molecule has 0 spiro atoms. The molecule has 88 valence electrons. The van der Waals surface area contributed by atoms with E-state index in [-0.39, 0.29) is 11.3 Å². The number of carbonyl (C=O) groups is 1. The summed E-state index contributed by atoms with van der Waals surface area (Å²) in [7, 11) is 1.42. The van der Waals surface area contributed by atoms with Crippen LogP contribution in [-0.4, -0.2) is 23.2 Å². The maximum atomic E-state index is 13.4. The van der Waals surface area contributed by atoms with Gasteiger partial charge in [-0.2, -0.15) is 0 Å². The molecule has 0 unspecified atom stereocenters. The van der Waals surface area contributed by atoms with Gasteiger partial charge in [0, 0.05) is 5.39 Å². The molecule has 5 heteroatoms. The Bertz CT molecular complexity index is 610. The summed E-state index contributed by atoms with van der Waals surface area (Å²) in [4.78, 5) is 14.9. The number of aryl methyl sites for hydroxylation is 1. The molecule has 0 aliphatic rings. The third-order valence-electron chi connectivity index (χ3n) is 2.48. The van der Waals surface area contributed by atoms with Crippen molar-refractivity contribution >= 4 is 16.9 Å². The van der Waals surface area contributed by atoms with E-state index in [0.717, 1.165) is 0 Å². The van der Waals surface area contributed by atoms with Gasteiger partial charge in [0.15, 0.2) is 0 Å². The number of halogens is 1. The lowest BCUT2D eigenvalue weighted by molar-refractivity contribution is 0.0696. The molecule has 0 bridgehead atoms. The van der Waals surface area contributed by atoms with Crippen molar-refractivity contribution in [2.24, 2.45) is 0 Å².